The van der Waals surface area contributed by atoms with Gasteiger partial charge in [-0.2, -0.15) is 0 Å². The lowest BCUT2D eigenvalue weighted by Gasteiger charge is -2.05. The van der Waals surface area contributed by atoms with E-state index in [0.29, 0.717) is 6.20 Å². The van der Waals surface area contributed by atoms with Crippen molar-refractivity contribution >= 4 is 11.7 Å². The molecule has 1 heterocycles. The minimum atomic E-state index is -3.03. The van der Waals surface area contributed by atoms with Crippen molar-refractivity contribution in [1.29, 1.82) is 0 Å². The van der Waals surface area contributed by atoms with Gasteiger partial charge in [0.15, 0.2) is 0 Å². The van der Waals surface area contributed by atoms with Gasteiger partial charge in [0.25, 0.3) is 12.1 Å². The van der Waals surface area contributed by atoms with Crippen molar-refractivity contribution in [3.63, 3.8) is 0 Å². The van der Waals surface area contributed by atoms with E-state index in [9.17, 15) is 23.7 Å². The summed E-state index contributed by atoms with van der Waals surface area (Å²) in [6.45, 7) is 0. The van der Waals surface area contributed by atoms with Gasteiger partial charge >= 0.3 is 5.97 Å². The van der Waals surface area contributed by atoms with Crippen molar-refractivity contribution in [2.24, 2.45) is 0 Å². The normalized spacial score (nSPS) is 10.4. The minimum absolute atomic E-state index is 0.195. The first-order chi connectivity index (χ1) is 7.97. The van der Waals surface area contributed by atoms with E-state index in [1.54, 1.807) is 0 Å². The van der Waals surface area contributed by atoms with Crippen LogP contribution in [0.15, 0.2) is 12.4 Å². The van der Waals surface area contributed by atoms with Crippen LogP contribution in [0.25, 0.3) is 0 Å². The predicted octanol–water partition coefficient (Wildman–Crippen LogP) is 1.64. The number of carbonyl (C=O) groups excluding carboxylic acids is 1. The Morgan fingerprint density at radius 1 is 1.59 bits per heavy atom. The molecule has 0 amide bonds. The third-order valence-corrected chi connectivity index (χ3v) is 2.00. The predicted molar refractivity (Wildman–Crippen MR) is 51.6 cm³/mol. The summed E-state index contributed by atoms with van der Waals surface area (Å²) in [5.41, 5.74) is -1.79. The second kappa shape index (κ2) is 5.28. The summed E-state index contributed by atoms with van der Waals surface area (Å²) in [6.07, 6.45) is -1.79. The lowest BCUT2D eigenvalue weighted by molar-refractivity contribution is -0.387. The highest BCUT2D eigenvalue weighted by Gasteiger charge is 2.27. The lowest BCUT2D eigenvalue weighted by Crippen LogP contribution is -2.09. The summed E-state index contributed by atoms with van der Waals surface area (Å²) in [5, 5.41) is 10.7. The molecule has 0 bridgehead atoms. The zero-order chi connectivity index (χ0) is 13.0. The summed E-state index contributed by atoms with van der Waals surface area (Å²) < 4.78 is 29.4. The first-order valence-corrected chi connectivity index (χ1v) is 4.43. The van der Waals surface area contributed by atoms with Gasteiger partial charge in [-0.05, 0) is 0 Å². The number of halogens is 2. The van der Waals surface area contributed by atoms with Gasteiger partial charge in [-0.25, -0.2) is 8.78 Å². The highest BCUT2D eigenvalue weighted by Crippen LogP contribution is 2.31. The molecule has 0 N–H and O–H groups in total. The molecule has 0 unspecified atom stereocenters. The Morgan fingerprint density at radius 2 is 2.24 bits per heavy atom. The Balaban J connectivity index is 3.25. The quantitative estimate of drug-likeness (QED) is 0.458. The second-order valence-corrected chi connectivity index (χ2v) is 3.05. The maximum Gasteiger partial charge on any atom is 0.310 e. The number of hydrogen-bond acceptors (Lipinski definition) is 5. The molecule has 1 aromatic heterocycles. The average molecular weight is 246 g/mol. The Morgan fingerprint density at radius 3 is 2.71 bits per heavy atom. The molecule has 0 aliphatic heterocycles. The fourth-order valence-electron chi connectivity index (χ4n) is 1.25. The van der Waals surface area contributed by atoms with E-state index in [1.807, 2.05) is 0 Å². The summed E-state index contributed by atoms with van der Waals surface area (Å²) in [6, 6.07) is 0. The molecule has 17 heavy (non-hydrogen) atoms. The molecule has 0 aliphatic rings. The zero-order valence-electron chi connectivity index (χ0n) is 8.72. The standard InChI is InChI=1S/C9H8F2N2O4/c1-17-7(14)2-5-3-12-4-6(9(10)11)8(5)13(15)16/h3-4,9H,2H2,1H3. The van der Waals surface area contributed by atoms with Crippen molar-refractivity contribution in [1.82, 2.24) is 4.98 Å². The van der Waals surface area contributed by atoms with E-state index >= 15 is 0 Å². The Hall–Kier alpha value is -2.12. The summed E-state index contributed by atoms with van der Waals surface area (Å²) >= 11 is 0. The number of nitro groups is 1. The Kier molecular flexibility index (Phi) is 4.02. The van der Waals surface area contributed by atoms with Crippen LogP contribution in [0.5, 0.6) is 0 Å². The summed E-state index contributed by atoms with van der Waals surface area (Å²) in [4.78, 5) is 24.2. The van der Waals surface area contributed by atoms with Gasteiger partial charge in [0.2, 0.25) is 0 Å². The number of rotatable bonds is 4. The van der Waals surface area contributed by atoms with E-state index in [-0.39, 0.29) is 5.56 Å². The first kappa shape index (κ1) is 12.9. The van der Waals surface area contributed by atoms with E-state index in [1.165, 1.54) is 0 Å². The molecule has 0 saturated heterocycles. The zero-order valence-corrected chi connectivity index (χ0v) is 8.72. The van der Waals surface area contributed by atoms with Crippen LogP contribution in [-0.4, -0.2) is 23.0 Å². The molecule has 1 aromatic rings. The molecule has 92 valence electrons. The fourth-order valence-corrected chi connectivity index (χ4v) is 1.25. The van der Waals surface area contributed by atoms with E-state index in [0.717, 1.165) is 13.3 Å². The van der Waals surface area contributed by atoms with Crippen LogP contribution < -0.4 is 0 Å². The molecule has 0 radical (unpaired) electrons. The highest BCUT2D eigenvalue weighted by atomic mass is 19.3. The molecule has 0 fully saturated rings. The second-order valence-electron chi connectivity index (χ2n) is 3.05. The van der Waals surface area contributed by atoms with Crippen LogP contribution in [0.2, 0.25) is 0 Å². The molecule has 0 aliphatic carbocycles. The summed E-state index contributed by atoms with van der Waals surface area (Å²) in [7, 11) is 1.10. The lowest BCUT2D eigenvalue weighted by atomic mass is 10.1. The Labute approximate surface area is 94.4 Å². The van der Waals surface area contributed by atoms with Crippen LogP contribution in [0, 0.1) is 10.1 Å². The molecule has 8 heteroatoms. The van der Waals surface area contributed by atoms with Gasteiger partial charge in [0, 0.05) is 12.4 Å². The summed E-state index contributed by atoms with van der Waals surface area (Å²) in [5.74, 6) is -0.763. The third-order valence-electron chi connectivity index (χ3n) is 2.00. The molecular weight excluding hydrogens is 238 g/mol. The number of esters is 1. The molecule has 6 nitrogen and oxygen atoms in total. The van der Waals surface area contributed by atoms with E-state index in [2.05, 4.69) is 9.72 Å². The van der Waals surface area contributed by atoms with Crippen LogP contribution in [-0.2, 0) is 16.0 Å². The number of pyridine rings is 1. The highest BCUT2D eigenvalue weighted by molar-refractivity contribution is 5.74. The molecule has 0 saturated carbocycles. The minimum Gasteiger partial charge on any atom is -0.469 e. The monoisotopic (exact) mass is 246 g/mol. The SMILES string of the molecule is COC(=O)Cc1cncc(C(F)F)c1[N+](=O)[O-]. The maximum atomic E-state index is 12.5. The number of carbonyl (C=O) groups is 1. The van der Waals surface area contributed by atoms with Gasteiger partial charge in [-0.1, -0.05) is 0 Å². The van der Waals surface area contributed by atoms with Gasteiger partial charge in [-0.15, -0.1) is 0 Å². The van der Waals surface area contributed by atoms with Gasteiger partial charge in [-0.3, -0.25) is 19.9 Å². The van der Waals surface area contributed by atoms with Crippen molar-refractivity contribution < 1.29 is 23.2 Å². The molecule has 1 rings (SSSR count). The van der Waals surface area contributed by atoms with Crippen LogP contribution in [0.4, 0.5) is 14.5 Å². The van der Waals surface area contributed by atoms with Gasteiger partial charge in [0.1, 0.15) is 5.56 Å². The van der Waals surface area contributed by atoms with Gasteiger partial charge in [0.05, 0.1) is 24.0 Å². The number of hydrogen-bond donors (Lipinski definition) is 0. The van der Waals surface area contributed by atoms with Gasteiger partial charge < -0.3 is 4.74 Å². The van der Waals surface area contributed by atoms with Crippen LogP contribution in [0.3, 0.4) is 0 Å². The fraction of sp³-hybridized carbons (Fsp3) is 0.333. The number of methoxy groups -OCH3 is 1. The van der Waals surface area contributed by atoms with Crippen molar-refractivity contribution in [2.45, 2.75) is 12.8 Å². The van der Waals surface area contributed by atoms with Crippen molar-refractivity contribution in [3.05, 3.63) is 33.6 Å². The van der Waals surface area contributed by atoms with E-state index < -0.39 is 35.0 Å². The first-order valence-electron chi connectivity index (χ1n) is 4.43. The molecular formula is C9H8F2N2O4. The smallest absolute Gasteiger partial charge is 0.310 e. The average Bonchev–Trinajstić information content (AvgIpc) is 2.28. The largest absolute Gasteiger partial charge is 0.469 e. The molecule has 0 spiro atoms. The number of aromatic nitrogens is 1. The van der Waals surface area contributed by atoms with Crippen LogP contribution >= 0.6 is 0 Å². The Bertz CT molecular complexity index is 451. The van der Waals surface area contributed by atoms with Crippen LogP contribution in [0.1, 0.15) is 17.6 Å². The number of alkyl halides is 2. The maximum absolute atomic E-state index is 12.5. The topological polar surface area (TPSA) is 82.3 Å². The number of nitrogens with zero attached hydrogens (tertiary/aromatic N) is 2. The van der Waals surface area contributed by atoms with E-state index in [4.69, 9.17) is 0 Å². The third kappa shape index (κ3) is 2.92. The van der Waals surface area contributed by atoms with Crippen molar-refractivity contribution in [3.8, 4) is 0 Å². The van der Waals surface area contributed by atoms with Crippen molar-refractivity contribution in [2.75, 3.05) is 7.11 Å². The molecule has 0 atom stereocenters. The number of ether oxygens (including phenoxy) is 1. The molecule has 0 aromatic carbocycles.